The summed E-state index contributed by atoms with van der Waals surface area (Å²) < 4.78 is 2.62. The van der Waals surface area contributed by atoms with Gasteiger partial charge in [0.05, 0.1) is 5.69 Å². The second kappa shape index (κ2) is 13.4. The summed E-state index contributed by atoms with van der Waals surface area (Å²) in [6, 6.07) is 77.7. The normalized spacial score (nSPS) is 11.6. The number of thiophene rings is 1. The maximum atomic E-state index is 2.42. The minimum atomic E-state index is 1.12. The summed E-state index contributed by atoms with van der Waals surface area (Å²) in [6.07, 6.45) is 0. The lowest BCUT2D eigenvalue weighted by Gasteiger charge is -2.27. The van der Waals surface area contributed by atoms with Crippen molar-refractivity contribution in [1.82, 2.24) is 0 Å². The van der Waals surface area contributed by atoms with Gasteiger partial charge in [-0.3, -0.25) is 0 Å². The van der Waals surface area contributed by atoms with Gasteiger partial charge in [-0.25, -0.2) is 0 Å². The van der Waals surface area contributed by atoms with Gasteiger partial charge in [-0.05, 0) is 109 Å². The Hall–Kier alpha value is -7.00. The van der Waals surface area contributed by atoms with Crippen LogP contribution < -0.4 is 4.90 Å². The topological polar surface area (TPSA) is 3.24 Å². The van der Waals surface area contributed by atoms with E-state index in [2.05, 4.69) is 217 Å². The maximum Gasteiger partial charge on any atom is 0.0540 e. The molecule has 0 fully saturated rings. The summed E-state index contributed by atoms with van der Waals surface area (Å²) in [5.74, 6) is 0. The van der Waals surface area contributed by atoms with Crippen LogP contribution in [0.3, 0.4) is 0 Å². The molecule has 262 valence electrons. The average Bonchev–Trinajstić information content (AvgIpc) is 3.65. The van der Waals surface area contributed by atoms with E-state index in [9.17, 15) is 0 Å². The summed E-state index contributed by atoms with van der Waals surface area (Å²) in [4.78, 5) is 2.42. The molecule has 0 saturated heterocycles. The molecule has 0 spiro atoms. The Balaban J connectivity index is 1.09. The van der Waals surface area contributed by atoms with Crippen LogP contribution in [0.15, 0.2) is 212 Å². The molecule has 0 radical (unpaired) electrons. The summed E-state index contributed by atoms with van der Waals surface area (Å²) in [6.45, 7) is 0. The zero-order valence-electron chi connectivity index (χ0n) is 30.6. The van der Waals surface area contributed by atoms with Crippen molar-refractivity contribution in [2.75, 3.05) is 4.90 Å². The Labute approximate surface area is 330 Å². The van der Waals surface area contributed by atoms with Crippen molar-refractivity contribution in [3.63, 3.8) is 0 Å². The monoisotopic (exact) mass is 729 g/mol. The number of benzene rings is 10. The molecular weight excluding hydrogens is 695 g/mol. The number of hydrogen-bond donors (Lipinski definition) is 0. The molecule has 0 aliphatic carbocycles. The molecule has 0 saturated carbocycles. The molecule has 1 nitrogen and oxygen atoms in total. The molecule has 0 amide bonds. The third-order valence-electron chi connectivity index (χ3n) is 11.2. The molecule has 10 aromatic carbocycles. The van der Waals surface area contributed by atoms with Crippen LogP contribution in [0.1, 0.15) is 0 Å². The fraction of sp³-hybridized carbons (Fsp3) is 0. The van der Waals surface area contributed by atoms with Crippen LogP contribution in [0.4, 0.5) is 17.1 Å². The lowest BCUT2D eigenvalue weighted by Crippen LogP contribution is -2.10. The van der Waals surface area contributed by atoms with Gasteiger partial charge in [-0.15, -0.1) is 11.3 Å². The smallest absolute Gasteiger partial charge is 0.0540 e. The van der Waals surface area contributed by atoms with E-state index in [4.69, 9.17) is 0 Å². The fourth-order valence-electron chi connectivity index (χ4n) is 8.67. The van der Waals surface area contributed by atoms with Gasteiger partial charge in [0, 0.05) is 36.9 Å². The lowest BCUT2D eigenvalue weighted by atomic mass is 9.84. The standard InChI is InChI=1S/C54H35NS/c1-3-15-38(16-4-1)53-47-23-10-9-21-44(47)45-32-28-40(34-49(45)54(53)39-17-5-2-6-18-39)36-26-29-41(30-27-36)55(50-24-13-19-37-14-7-8-20-43(37)50)42-31-33-52-48(35-42)46-22-11-12-25-51(46)56-52/h1-35H. The molecule has 11 rings (SSSR count). The maximum absolute atomic E-state index is 2.42. The van der Waals surface area contributed by atoms with Crippen LogP contribution in [-0.4, -0.2) is 0 Å². The molecule has 0 unspecified atom stereocenters. The Bertz CT molecular complexity index is 3230. The molecule has 56 heavy (non-hydrogen) atoms. The highest BCUT2D eigenvalue weighted by atomic mass is 32.1. The van der Waals surface area contributed by atoms with Gasteiger partial charge in [0.15, 0.2) is 0 Å². The van der Waals surface area contributed by atoms with E-state index < -0.39 is 0 Å². The molecule has 2 heteroatoms. The number of nitrogens with zero attached hydrogens (tertiary/aromatic N) is 1. The highest BCUT2D eigenvalue weighted by molar-refractivity contribution is 7.25. The van der Waals surface area contributed by atoms with Crippen LogP contribution >= 0.6 is 11.3 Å². The van der Waals surface area contributed by atoms with Crippen LogP contribution in [0.25, 0.3) is 85.9 Å². The van der Waals surface area contributed by atoms with Crippen molar-refractivity contribution in [1.29, 1.82) is 0 Å². The molecule has 11 aromatic rings. The largest absolute Gasteiger partial charge is 0.310 e. The van der Waals surface area contributed by atoms with E-state index in [0.717, 1.165) is 17.1 Å². The average molecular weight is 730 g/mol. The van der Waals surface area contributed by atoms with Gasteiger partial charge in [-0.2, -0.15) is 0 Å². The van der Waals surface area contributed by atoms with E-state index in [1.165, 1.54) is 85.9 Å². The first-order valence-corrected chi connectivity index (χ1v) is 20.0. The zero-order chi connectivity index (χ0) is 37.0. The summed E-state index contributed by atoms with van der Waals surface area (Å²) in [7, 11) is 0. The highest BCUT2D eigenvalue weighted by Crippen LogP contribution is 2.47. The van der Waals surface area contributed by atoms with Gasteiger partial charge < -0.3 is 4.90 Å². The quantitative estimate of drug-likeness (QED) is 0.154. The predicted molar refractivity (Wildman–Crippen MR) is 243 cm³/mol. The molecule has 0 N–H and O–H groups in total. The Morgan fingerprint density at radius 2 is 0.839 bits per heavy atom. The number of anilines is 3. The van der Waals surface area contributed by atoms with E-state index in [1.807, 2.05) is 11.3 Å². The third kappa shape index (κ3) is 5.38. The van der Waals surface area contributed by atoms with E-state index >= 15 is 0 Å². The van der Waals surface area contributed by atoms with Crippen molar-refractivity contribution >= 4 is 80.9 Å². The molecule has 0 aliphatic heterocycles. The van der Waals surface area contributed by atoms with Gasteiger partial charge in [0.1, 0.15) is 0 Å². The predicted octanol–water partition coefficient (Wildman–Crippen LogP) is 16.0. The highest BCUT2D eigenvalue weighted by Gasteiger charge is 2.20. The fourth-order valence-corrected chi connectivity index (χ4v) is 9.75. The molecule has 1 aromatic heterocycles. The van der Waals surface area contributed by atoms with Gasteiger partial charge in [0.25, 0.3) is 0 Å². The second-order valence-corrected chi connectivity index (χ2v) is 15.5. The Morgan fingerprint density at radius 3 is 1.61 bits per heavy atom. The van der Waals surface area contributed by atoms with Gasteiger partial charge in [0.2, 0.25) is 0 Å². The van der Waals surface area contributed by atoms with Crippen molar-refractivity contribution in [2.24, 2.45) is 0 Å². The minimum absolute atomic E-state index is 1.12. The third-order valence-corrected chi connectivity index (χ3v) is 12.4. The van der Waals surface area contributed by atoms with Crippen LogP contribution in [0.5, 0.6) is 0 Å². The van der Waals surface area contributed by atoms with Crippen molar-refractivity contribution in [2.45, 2.75) is 0 Å². The Morgan fingerprint density at radius 1 is 0.286 bits per heavy atom. The SMILES string of the molecule is c1ccc(-c2c(-c3ccccc3)c3cc(-c4ccc(N(c5ccc6sc7ccccc7c6c5)c5cccc6ccccc56)cc4)ccc3c3ccccc23)cc1. The van der Waals surface area contributed by atoms with Crippen LogP contribution in [-0.2, 0) is 0 Å². The molecule has 1 heterocycles. The second-order valence-electron chi connectivity index (χ2n) is 14.4. The van der Waals surface area contributed by atoms with Crippen LogP contribution in [0, 0.1) is 0 Å². The summed E-state index contributed by atoms with van der Waals surface area (Å²) in [5, 5.41) is 10.1. The lowest BCUT2D eigenvalue weighted by molar-refractivity contribution is 1.30. The summed E-state index contributed by atoms with van der Waals surface area (Å²) >= 11 is 1.86. The number of rotatable bonds is 6. The Kier molecular flexibility index (Phi) is 7.75. The van der Waals surface area contributed by atoms with E-state index in [1.54, 1.807) is 0 Å². The minimum Gasteiger partial charge on any atom is -0.310 e. The first-order chi connectivity index (χ1) is 27.8. The van der Waals surface area contributed by atoms with Crippen molar-refractivity contribution in [3.05, 3.63) is 212 Å². The van der Waals surface area contributed by atoms with Crippen molar-refractivity contribution < 1.29 is 0 Å². The summed E-state index contributed by atoms with van der Waals surface area (Å²) in [5.41, 5.74) is 10.8. The number of fused-ring (bicyclic) bond motifs is 7. The number of hydrogen-bond acceptors (Lipinski definition) is 2. The molecule has 0 bridgehead atoms. The van der Waals surface area contributed by atoms with E-state index in [-0.39, 0.29) is 0 Å². The zero-order valence-corrected chi connectivity index (χ0v) is 31.4. The van der Waals surface area contributed by atoms with Crippen LogP contribution in [0.2, 0.25) is 0 Å². The van der Waals surface area contributed by atoms with E-state index in [0.29, 0.717) is 0 Å². The first-order valence-electron chi connectivity index (χ1n) is 19.2. The van der Waals surface area contributed by atoms with Gasteiger partial charge >= 0.3 is 0 Å². The van der Waals surface area contributed by atoms with Crippen molar-refractivity contribution in [3.8, 4) is 33.4 Å². The first kappa shape index (κ1) is 32.4. The molecular formula is C54H35NS. The molecule has 0 aliphatic rings. The molecule has 0 atom stereocenters. The van der Waals surface area contributed by atoms with Gasteiger partial charge in [-0.1, -0.05) is 164 Å².